The van der Waals surface area contributed by atoms with Gasteiger partial charge in [0.25, 0.3) is 0 Å². The molecule has 0 saturated heterocycles. The molecule has 0 aromatic heterocycles. The molecule has 0 heterocycles. The van der Waals surface area contributed by atoms with Gasteiger partial charge in [0.05, 0.1) is 24.3 Å². The van der Waals surface area contributed by atoms with Crippen LogP contribution in [0.3, 0.4) is 0 Å². The zero-order chi connectivity index (χ0) is 19.0. The molecule has 0 amide bonds. The van der Waals surface area contributed by atoms with Crippen molar-refractivity contribution in [3.8, 4) is 5.75 Å². The van der Waals surface area contributed by atoms with Gasteiger partial charge in [-0.2, -0.15) is 0 Å². The van der Waals surface area contributed by atoms with Gasteiger partial charge in [-0.15, -0.1) is 0 Å². The molecule has 0 saturated carbocycles. The molecule has 3 nitrogen and oxygen atoms in total. The molecule has 4 heteroatoms. The van der Waals surface area contributed by atoms with Gasteiger partial charge in [-0.1, -0.05) is 89.2 Å². The van der Waals surface area contributed by atoms with E-state index in [1.165, 1.54) is 77.7 Å². The third-order valence-electron chi connectivity index (χ3n) is 4.61. The summed E-state index contributed by atoms with van der Waals surface area (Å²) >= 11 is 6.15. The predicted octanol–water partition coefficient (Wildman–Crippen LogP) is 7.21. The lowest BCUT2D eigenvalue weighted by molar-refractivity contribution is 0.0600. The van der Waals surface area contributed by atoms with Gasteiger partial charge in [0.2, 0.25) is 0 Å². The minimum absolute atomic E-state index is 0.389. The molecule has 0 aliphatic heterocycles. The van der Waals surface area contributed by atoms with Crippen LogP contribution in [-0.2, 0) is 4.74 Å². The zero-order valence-electron chi connectivity index (χ0n) is 16.5. The molecule has 0 aliphatic rings. The maximum atomic E-state index is 11.4. The summed E-state index contributed by atoms with van der Waals surface area (Å²) in [4.78, 5) is 11.4. The molecule has 148 valence electrons. The Hall–Kier alpha value is -1.22. The van der Waals surface area contributed by atoms with Crippen molar-refractivity contribution in [2.45, 2.75) is 84.0 Å². The van der Waals surface area contributed by atoms with Crippen molar-refractivity contribution in [2.24, 2.45) is 0 Å². The number of esters is 1. The fourth-order valence-electron chi connectivity index (χ4n) is 2.99. The third-order valence-corrected chi connectivity index (χ3v) is 4.90. The Morgan fingerprint density at radius 3 is 1.92 bits per heavy atom. The monoisotopic (exact) mass is 382 g/mol. The molecule has 0 N–H and O–H groups in total. The number of carbonyl (C=O) groups excluding carboxylic acids is 1. The number of carbonyl (C=O) groups is 1. The van der Waals surface area contributed by atoms with Gasteiger partial charge in [-0.3, -0.25) is 0 Å². The van der Waals surface area contributed by atoms with Gasteiger partial charge in [0, 0.05) is 0 Å². The Morgan fingerprint density at radius 2 is 1.42 bits per heavy atom. The SMILES string of the molecule is CCCCCCCCCCCCCCOc1ccc(C(=O)OC)cc1Cl. The lowest BCUT2D eigenvalue weighted by atomic mass is 10.1. The number of halogens is 1. The smallest absolute Gasteiger partial charge is 0.337 e. The van der Waals surface area contributed by atoms with Crippen LogP contribution >= 0.6 is 11.6 Å². The van der Waals surface area contributed by atoms with Crippen LogP contribution in [0.2, 0.25) is 5.02 Å². The Labute approximate surface area is 164 Å². The molecule has 0 aliphatic carbocycles. The number of hydrogen-bond acceptors (Lipinski definition) is 3. The van der Waals surface area contributed by atoms with Crippen molar-refractivity contribution in [3.05, 3.63) is 28.8 Å². The molecule has 0 fully saturated rings. The minimum atomic E-state index is -0.389. The van der Waals surface area contributed by atoms with E-state index in [9.17, 15) is 4.79 Å². The number of hydrogen-bond donors (Lipinski definition) is 0. The summed E-state index contributed by atoms with van der Waals surface area (Å²) in [6, 6.07) is 5.00. The highest BCUT2D eigenvalue weighted by Gasteiger charge is 2.09. The second-order valence-corrected chi connectivity index (χ2v) is 7.28. The van der Waals surface area contributed by atoms with Crippen LogP contribution in [0.5, 0.6) is 5.75 Å². The van der Waals surface area contributed by atoms with Crippen molar-refractivity contribution in [1.29, 1.82) is 0 Å². The highest BCUT2D eigenvalue weighted by atomic mass is 35.5. The summed E-state index contributed by atoms with van der Waals surface area (Å²) in [6.07, 6.45) is 15.9. The average molecular weight is 383 g/mol. The van der Waals surface area contributed by atoms with E-state index < -0.39 is 0 Å². The summed E-state index contributed by atoms with van der Waals surface area (Å²) in [5.74, 6) is 0.238. The lowest BCUT2D eigenvalue weighted by Crippen LogP contribution is -2.02. The van der Waals surface area contributed by atoms with E-state index in [0.717, 1.165) is 6.42 Å². The summed E-state index contributed by atoms with van der Waals surface area (Å²) in [5, 5.41) is 0.451. The van der Waals surface area contributed by atoms with E-state index in [2.05, 4.69) is 11.7 Å². The second kappa shape index (κ2) is 14.9. The normalized spacial score (nSPS) is 10.7. The van der Waals surface area contributed by atoms with Crippen molar-refractivity contribution in [3.63, 3.8) is 0 Å². The molecular weight excluding hydrogens is 348 g/mol. The van der Waals surface area contributed by atoms with E-state index >= 15 is 0 Å². The molecule has 1 rings (SSSR count). The lowest BCUT2D eigenvalue weighted by Gasteiger charge is -2.09. The Balaban J connectivity index is 2.00. The molecule has 26 heavy (non-hydrogen) atoms. The summed E-state index contributed by atoms with van der Waals surface area (Å²) in [5.41, 5.74) is 0.440. The Bertz CT molecular complexity index is 502. The van der Waals surface area contributed by atoms with Gasteiger partial charge in [0.1, 0.15) is 5.75 Å². The molecule has 1 aromatic carbocycles. The average Bonchev–Trinajstić information content (AvgIpc) is 2.65. The number of rotatable bonds is 15. The topological polar surface area (TPSA) is 35.5 Å². The molecule has 0 radical (unpaired) electrons. The molecular formula is C22H35ClO3. The first-order chi connectivity index (χ1) is 12.7. The van der Waals surface area contributed by atoms with Gasteiger partial charge in [0.15, 0.2) is 0 Å². The van der Waals surface area contributed by atoms with Crippen molar-refractivity contribution >= 4 is 17.6 Å². The molecule has 0 atom stereocenters. The zero-order valence-corrected chi connectivity index (χ0v) is 17.3. The maximum Gasteiger partial charge on any atom is 0.337 e. The van der Waals surface area contributed by atoms with E-state index in [1.807, 2.05) is 0 Å². The van der Waals surface area contributed by atoms with E-state index in [-0.39, 0.29) is 5.97 Å². The number of methoxy groups -OCH3 is 1. The first-order valence-electron chi connectivity index (χ1n) is 10.2. The van der Waals surface area contributed by atoms with Crippen LogP contribution in [0.4, 0.5) is 0 Å². The Kier molecular flexibility index (Phi) is 13.1. The maximum absolute atomic E-state index is 11.4. The summed E-state index contributed by atoms with van der Waals surface area (Å²) in [7, 11) is 1.36. The van der Waals surface area contributed by atoms with Crippen LogP contribution in [0.15, 0.2) is 18.2 Å². The van der Waals surface area contributed by atoms with E-state index in [0.29, 0.717) is 22.9 Å². The second-order valence-electron chi connectivity index (χ2n) is 6.87. The fourth-order valence-corrected chi connectivity index (χ4v) is 3.22. The molecule has 1 aromatic rings. The number of benzene rings is 1. The van der Waals surface area contributed by atoms with Crippen molar-refractivity contribution in [1.82, 2.24) is 0 Å². The summed E-state index contributed by atoms with van der Waals surface area (Å²) in [6.45, 7) is 2.93. The highest BCUT2D eigenvalue weighted by molar-refractivity contribution is 6.32. The van der Waals surface area contributed by atoms with Crippen LogP contribution in [0.1, 0.15) is 94.3 Å². The Morgan fingerprint density at radius 1 is 0.885 bits per heavy atom. The van der Waals surface area contributed by atoms with Crippen LogP contribution in [-0.4, -0.2) is 19.7 Å². The molecule has 0 unspecified atom stereocenters. The van der Waals surface area contributed by atoms with Gasteiger partial charge in [-0.05, 0) is 24.6 Å². The standard InChI is InChI=1S/C22H35ClO3/c1-3-4-5-6-7-8-9-10-11-12-13-14-17-26-21-16-15-19(18-20(21)23)22(24)25-2/h15-16,18H,3-14,17H2,1-2H3. The van der Waals surface area contributed by atoms with Crippen molar-refractivity contribution < 1.29 is 14.3 Å². The molecule has 0 bridgehead atoms. The summed E-state index contributed by atoms with van der Waals surface area (Å²) < 4.78 is 10.4. The largest absolute Gasteiger partial charge is 0.492 e. The van der Waals surface area contributed by atoms with Gasteiger partial charge >= 0.3 is 5.97 Å². The van der Waals surface area contributed by atoms with Crippen LogP contribution in [0.25, 0.3) is 0 Å². The molecule has 0 spiro atoms. The van der Waals surface area contributed by atoms with Crippen LogP contribution in [0, 0.1) is 0 Å². The predicted molar refractivity (Wildman–Crippen MR) is 109 cm³/mol. The van der Waals surface area contributed by atoms with Crippen LogP contribution < -0.4 is 4.74 Å². The van der Waals surface area contributed by atoms with E-state index in [1.54, 1.807) is 18.2 Å². The van der Waals surface area contributed by atoms with E-state index in [4.69, 9.17) is 16.3 Å². The first-order valence-corrected chi connectivity index (χ1v) is 10.6. The fraction of sp³-hybridized carbons (Fsp3) is 0.682. The highest BCUT2D eigenvalue weighted by Crippen LogP contribution is 2.26. The van der Waals surface area contributed by atoms with Gasteiger partial charge < -0.3 is 9.47 Å². The number of ether oxygens (including phenoxy) is 2. The minimum Gasteiger partial charge on any atom is -0.492 e. The van der Waals surface area contributed by atoms with Crippen molar-refractivity contribution in [2.75, 3.05) is 13.7 Å². The quantitative estimate of drug-likeness (QED) is 0.237. The first kappa shape index (κ1) is 22.8. The third kappa shape index (κ3) is 10.1. The number of unbranched alkanes of at least 4 members (excludes halogenated alkanes) is 11. The van der Waals surface area contributed by atoms with Gasteiger partial charge in [-0.25, -0.2) is 4.79 Å².